The summed E-state index contributed by atoms with van der Waals surface area (Å²) >= 11 is 0. The lowest BCUT2D eigenvalue weighted by Crippen LogP contribution is -2.36. The van der Waals surface area contributed by atoms with Crippen LogP contribution >= 0.6 is 0 Å². The Hall–Kier alpha value is -1.93. The molecule has 3 saturated carbocycles. The predicted octanol–water partition coefficient (Wildman–Crippen LogP) is 8.51. The van der Waals surface area contributed by atoms with Gasteiger partial charge in [-0.3, -0.25) is 4.79 Å². The summed E-state index contributed by atoms with van der Waals surface area (Å²) in [5.74, 6) is 2.43. The number of benzene rings is 1. The molecule has 2 nitrogen and oxygen atoms in total. The highest BCUT2D eigenvalue weighted by Crippen LogP contribution is 2.60. The van der Waals surface area contributed by atoms with E-state index in [0.29, 0.717) is 29.5 Å². The molecule has 1 aromatic rings. The van der Waals surface area contributed by atoms with Crippen LogP contribution in [0.25, 0.3) is 0 Å². The first-order chi connectivity index (χ1) is 17.1. The zero-order valence-electron chi connectivity index (χ0n) is 23.2. The molecule has 0 aromatic heterocycles. The quantitative estimate of drug-likeness (QED) is 0.398. The van der Waals surface area contributed by atoms with Gasteiger partial charge in [-0.05, 0) is 112 Å². The summed E-state index contributed by atoms with van der Waals surface area (Å²) in [4.78, 5) is 13.1. The van der Waals surface area contributed by atoms with E-state index in [1.165, 1.54) is 37.7 Å². The number of rotatable bonds is 8. The molecule has 0 saturated heterocycles. The van der Waals surface area contributed by atoms with E-state index in [1.807, 2.05) is 18.2 Å². The molecule has 1 N–H and O–H groups in total. The summed E-state index contributed by atoms with van der Waals surface area (Å²) in [6.07, 6.45) is 16.5. The number of aliphatic hydroxyl groups excluding tert-OH is 1. The fourth-order valence-electron chi connectivity index (χ4n) is 7.76. The summed E-state index contributed by atoms with van der Waals surface area (Å²) in [7, 11) is 0. The molecule has 0 radical (unpaired) electrons. The lowest BCUT2D eigenvalue weighted by molar-refractivity contribution is -0.123. The molecule has 3 fully saturated rings. The van der Waals surface area contributed by atoms with Gasteiger partial charge in [0.25, 0.3) is 0 Å². The van der Waals surface area contributed by atoms with Gasteiger partial charge in [0.1, 0.15) is 5.78 Å². The second kappa shape index (κ2) is 11.2. The average molecular weight is 489 g/mol. The molecule has 5 atom stereocenters. The van der Waals surface area contributed by atoms with E-state index >= 15 is 0 Å². The number of Topliss-reactive ketones (excluding diaryl/α,β-unsaturated/α-hetero) is 1. The van der Waals surface area contributed by atoms with Crippen LogP contribution in [0.2, 0.25) is 0 Å². The third kappa shape index (κ3) is 5.49. The van der Waals surface area contributed by atoms with Crippen molar-refractivity contribution in [1.82, 2.24) is 0 Å². The molecule has 196 valence electrons. The smallest absolute Gasteiger partial charge is 0.142 e. The Morgan fingerprint density at radius 2 is 1.89 bits per heavy atom. The Bertz CT molecular complexity index is 997. The Labute approximate surface area is 220 Å². The molecular weight excluding hydrogens is 440 g/mol. The van der Waals surface area contributed by atoms with Crippen molar-refractivity contribution in [2.24, 2.45) is 23.2 Å². The van der Waals surface area contributed by atoms with Crippen LogP contribution in [-0.2, 0) is 10.2 Å². The van der Waals surface area contributed by atoms with Crippen molar-refractivity contribution >= 4 is 5.78 Å². The van der Waals surface area contributed by atoms with E-state index in [4.69, 9.17) is 0 Å². The highest BCUT2D eigenvalue weighted by molar-refractivity contribution is 5.89. The molecule has 0 aliphatic heterocycles. The monoisotopic (exact) mass is 488 g/mol. The Balaban J connectivity index is 1.36. The van der Waals surface area contributed by atoms with Gasteiger partial charge in [0, 0.05) is 11.8 Å². The zero-order valence-corrected chi connectivity index (χ0v) is 23.2. The molecule has 0 spiro atoms. The van der Waals surface area contributed by atoms with E-state index in [1.54, 1.807) is 5.57 Å². The van der Waals surface area contributed by atoms with E-state index in [2.05, 4.69) is 58.6 Å². The van der Waals surface area contributed by atoms with Crippen LogP contribution in [-0.4, -0.2) is 17.0 Å². The number of carbonyl (C=O) groups is 1. The number of hydrogen-bond acceptors (Lipinski definition) is 2. The number of allylic oxidation sites excluding steroid dienone is 3. The van der Waals surface area contributed by atoms with Crippen LogP contribution in [0.1, 0.15) is 104 Å². The fraction of sp³-hybridized carbons (Fsp3) is 0.618. The predicted molar refractivity (Wildman–Crippen MR) is 151 cm³/mol. The highest BCUT2D eigenvalue weighted by Gasteiger charge is 2.50. The summed E-state index contributed by atoms with van der Waals surface area (Å²) in [5.41, 5.74) is 4.89. The number of fused-ring (bicyclic) bond motifs is 1. The zero-order chi connectivity index (χ0) is 25.9. The van der Waals surface area contributed by atoms with Crippen LogP contribution in [0.5, 0.6) is 0 Å². The fourth-order valence-corrected chi connectivity index (χ4v) is 7.76. The Kier molecular flexibility index (Phi) is 8.45. The molecular formula is C34H48O2. The molecule has 3 aliphatic carbocycles. The Morgan fingerprint density at radius 1 is 1.14 bits per heavy atom. The van der Waals surface area contributed by atoms with E-state index in [0.717, 1.165) is 49.2 Å². The van der Waals surface area contributed by atoms with Gasteiger partial charge in [-0.25, -0.2) is 0 Å². The molecule has 0 heterocycles. The van der Waals surface area contributed by atoms with Gasteiger partial charge in [0.05, 0.1) is 6.10 Å². The first-order valence-corrected chi connectivity index (χ1v) is 14.5. The lowest BCUT2D eigenvalue weighted by Gasteiger charge is -2.44. The third-order valence-corrected chi connectivity index (χ3v) is 10.2. The minimum atomic E-state index is -0.411. The van der Waals surface area contributed by atoms with Gasteiger partial charge in [-0.1, -0.05) is 74.9 Å². The van der Waals surface area contributed by atoms with Crippen molar-refractivity contribution in [3.05, 3.63) is 71.3 Å². The van der Waals surface area contributed by atoms with Crippen molar-refractivity contribution in [3.8, 4) is 0 Å². The van der Waals surface area contributed by atoms with Crippen LogP contribution in [0.15, 0.2) is 65.8 Å². The maximum atomic E-state index is 13.1. The van der Waals surface area contributed by atoms with E-state index in [-0.39, 0.29) is 6.10 Å². The van der Waals surface area contributed by atoms with Gasteiger partial charge >= 0.3 is 0 Å². The van der Waals surface area contributed by atoms with Crippen molar-refractivity contribution < 1.29 is 9.90 Å². The summed E-state index contributed by atoms with van der Waals surface area (Å²) in [6.45, 7) is 13.3. The molecule has 3 aliphatic rings. The van der Waals surface area contributed by atoms with Crippen LogP contribution < -0.4 is 0 Å². The minimum Gasteiger partial charge on any atom is -0.388 e. The summed E-state index contributed by atoms with van der Waals surface area (Å²) in [6, 6.07) is 10.2. The summed E-state index contributed by atoms with van der Waals surface area (Å²) in [5, 5.41) is 10.2. The average Bonchev–Trinajstić information content (AvgIpc) is 3.23. The molecule has 0 amide bonds. The third-order valence-electron chi connectivity index (χ3n) is 10.2. The molecule has 1 aromatic carbocycles. The van der Waals surface area contributed by atoms with Gasteiger partial charge in [-0.15, -0.1) is 0 Å². The lowest BCUT2D eigenvalue weighted by atomic mass is 9.60. The molecule has 4 rings (SSSR count). The van der Waals surface area contributed by atoms with Crippen molar-refractivity contribution in [3.63, 3.8) is 0 Å². The van der Waals surface area contributed by atoms with Crippen molar-refractivity contribution in [2.45, 2.75) is 110 Å². The van der Waals surface area contributed by atoms with Crippen LogP contribution in [0.4, 0.5) is 0 Å². The molecule has 2 heteroatoms. The SMILES string of the molecule is C=C1/C(=C\C=C2/CCCC3(C)[C@@H]([C@H](C)CCCC(=O)C(C)(C)c4ccccc4)CC[C@@H]23)CCCC1O. The second-order valence-electron chi connectivity index (χ2n) is 12.7. The van der Waals surface area contributed by atoms with Crippen LogP contribution in [0.3, 0.4) is 0 Å². The summed E-state index contributed by atoms with van der Waals surface area (Å²) < 4.78 is 0. The van der Waals surface area contributed by atoms with Gasteiger partial charge < -0.3 is 5.11 Å². The molecule has 2 unspecified atom stereocenters. The highest BCUT2D eigenvalue weighted by atomic mass is 16.3. The first kappa shape index (κ1) is 27.1. The maximum Gasteiger partial charge on any atom is 0.142 e. The normalized spacial score (nSPS) is 32.0. The van der Waals surface area contributed by atoms with Gasteiger partial charge in [-0.2, -0.15) is 0 Å². The Morgan fingerprint density at radius 3 is 2.64 bits per heavy atom. The number of aliphatic hydroxyl groups is 1. The largest absolute Gasteiger partial charge is 0.388 e. The maximum absolute atomic E-state index is 13.1. The standard InChI is InChI=1S/C34H48O2/c1-24(12-9-18-32(36)33(3,4)28-15-7-6-8-16-28)29-21-22-30-27(14-11-23-34(29,30)5)20-19-26-13-10-17-31(35)25(26)2/h6-8,15-16,19-20,24,29-31,35H,2,9-14,17-18,21-23H2,1,3-5H3/b26-19-,27-20+/t24-,29-,30+,31?,34?/m1/s1. The van der Waals surface area contributed by atoms with Crippen LogP contribution in [0, 0.1) is 23.2 Å². The van der Waals surface area contributed by atoms with Gasteiger partial charge in [0.15, 0.2) is 0 Å². The minimum absolute atomic E-state index is 0.359. The van der Waals surface area contributed by atoms with Gasteiger partial charge in [0.2, 0.25) is 0 Å². The molecule has 36 heavy (non-hydrogen) atoms. The van der Waals surface area contributed by atoms with E-state index in [9.17, 15) is 9.90 Å². The topological polar surface area (TPSA) is 37.3 Å². The van der Waals surface area contributed by atoms with Crippen molar-refractivity contribution in [1.29, 1.82) is 0 Å². The van der Waals surface area contributed by atoms with Crippen molar-refractivity contribution in [2.75, 3.05) is 0 Å². The second-order valence-corrected chi connectivity index (χ2v) is 12.7. The first-order valence-electron chi connectivity index (χ1n) is 14.5. The number of ketones is 1. The number of hydrogen-bond donors (Lipinski definition) is 1. The van der Waals surface area contributed by atoms with E-state index < -0.39 is 5.41 Å². The number of carbonyl (C=O) groups excluding carboxylic acids is 1. The molecule has 0 bridgehead atoms.